The predicted octanol–water partition coefficient (Wildman–Crippen LogP) is 3.69. The van der Waals surface area contributed by atoms with Gasteiger partial charge in [0.15, 0.2) is 11.5 Å². The zero-order valence-corrected chi connectivity index (χ0v) is 15.7. The van der Waals surface area contributed by atoms with E-state index in [4.69, 9.17) is 9.47 Å². The van der Waals surface area contributed by atoms with Crippen molar-refractivity contribution in [3.8, 4) is 11.5 Å². The van der Waals surface area contributed by atoms with Crippen LogP contribution in [0.3, 0.4) is 0 Å². The van der Waals surface area contributed by atoms with E-state index in [-0.39, 0.29) is 17.2 Å². The van der Waals surface area contributed by atoms with Crippen molar-refractivity contribution in [2.45, 2.75) is 25.2 Å². The first-order valence-corrected chi connectivity index (χ1v) is 8.77. The van der Waals surface area contributed by atoms with Gasteiger partial charge in [-0.15, -0.1) is 0 Å². The van der Waals surface area contributed by atoms with Crippen LogP contribution in [-0.4, -0.2) is 35.3 Å². The molecule has 0 spiro atoms. The Morgan fingerprint density at radius 3 is 2.53 bits per heavy atom. The molecule has 0 bridgehead atoms. The number of halogens is 4. The summed E-state index contributed by atoms with van der Waals surface area (Å²) >= 11 is 0. The number of methoxy groups -OCH3 is 1. The number of aliphatic hydroxyl groups is 1. The average Bonchev–Trinajstić information content (AvgIpc) is 3.11. The summed E-state index contributed by atoms with van der Waals surface area (Å²) in [5.74, 6) is -0.132. The van der Waals surface area contributed by atoms with E-state index < -0.39 is 36.3 Å². The van der Waals surface area contributed by atoms with Gasteiger partial charge >= 0.3 is 0 Å². The number of carbonyl (C=O) groups is 1. The maximum Gasteiger partial charge on any atom is 0.291 e. The number of carbonyl (C=O) groups excluding carboxylic acids is 1. The average molecular weight is 426 g/mol. The summed E-state index contributed by atoms with van der Waals surface area (Å²) in [7, 11) is 1.48. The molecule has 1 aliphatic rings. The Balaban J connectivity index is 1.81. The lowest BCUT2D eigenvalue weighted by Gasteiger charge is -2.31. The van der Waals surface area contributed by atoms with Gasteiger partial charge < -0.3 is 14.6 Å². The van der Waals surface area contributed by atoms with Crippen LogP contribution in [0.25, 0.3) is 0 Å². The van der Waals surface area contributed by atoms with E-state index in [1.54, 1.807) is 30.3 Å². The highest BCUT2D eigenvalue weighted by atomic mass is 19.3. The molecule has 2 aromatic rings. The van der Waals surface area contributed by atoms with Crippen LogP contribution in [0.1, 0.15) is 22.3 Å². The second kappa shape index (κ2) is 8.62. The van der Waals surface area contributed by atoms with Crippen LogP contribution in [0, 0.1) is 0 Å². The Kier molecular flexibility index (Phi) is 6.16. The largest absolute Gasteiger partial charge is 0.493 e. The van der Waals surface area contributed by atoms with E-state index >= 15 is 0 Å². The molecule has 1 heterocycles. The normalized spacial score (nSPS) is 18.4. The number of hydrogen-bond donors (Lipinski definition) is 2. The van der Waals surface area contributed by atoms with Crippen LogP contribution in [-0.2, 0) is 6.61 Å². The first-order chi connectivity index (χ1) is 14.3. The summed E-state index contributed by atoms with van der Waals surface area (Å²) in [5.41, 5.74) is -1.73. The summed E-state index contributed by atoms with van der Waals surface area (Å²) in [6.45, 7) is 0.0261. The summed E-state index contributed by atoms with van der Waals surface area (Å²) in [6, 6.07) is 12.7. The van der Waals surface area contributed by atoms with E-state index in [0.717, 1.165) is 0 Å². The fourth-order valence-electron chi connectivity index (χ4n) is 2.94. The number of nitrogens with one attached hydrogen (secondary N) is 1. The van der Waals surface area contributed by atoms with Crippen LogP contribution >= 0.6 is 0 Å². The lowest BCUT2D eigenvalue weighted by Crippen LogP contribution is -2.55. The molecule has 0 aromatic heterocycles. The molecule has 3 rings (SSSR count). The summed E-state index contributed by atoms with van der Waals surface area (Å²) in [5, 5.41) is 10.3. The highest BCUT2D eigenvalue weighted by molar-refractivity contribution is 5.95. The van der Waals surface area contributed by atoms with Gasteiger partial charge in [0, 0.05) is 5.56 Å². The number of ether oxygens (including phenoxy) is 2. The number of para-hydroxylation sites is 2. The summed E-state index contributed by atoms with van der Waals surface area (Å²) < 4.78 is 63.3. The maximum absolute atomic E-state index is 13.4. The highest BCUT2D eigenvalue weighted by Crippen LogP contribution is 2.35. The standard InChI is InChI=1S/C20H18F4N2O4/c1-29-15-7-2-3-8-16(15)30-11-12-5-4-6-13(9-12)18(27)26-20(28,19(23)24)10-14(25-26)17(21)22/h2-9,19,25,28H,10-11H2,1H3. The molecule has 0 saturated carbocycles. The Labute approximate surface area is 169 Å². The Morgan fingerprint density at radius 1 is 1.20 bits per heavy atom. The lowest BCUT2D eigenvalue weighted by molar-refractivity contribution is -0.168. The van der Waals surface area contributed by atoms with E-state index in [0.29, 0.717) is 17.1 Å². The molecule has 2 N–H and O–H groups in total. The van der Waals surface area contributed by atoms with Crippen LogP contribution in [0.4, 0.5) is 17.6 Å². The van der Waals surface area contributed by atoms with Crippen molar-refractivity contribution in [3.05, 3.63) is 71.4 Å². The van der Waals surface area contributed by atoms with E-state index in [9.17, 15) is 27.5 Å². The van der Waals surface area contributed by atoms with Crippen molar-refractivity contribution in [3.63, 3.8) is 0 Å². The van der Waals surface area contributed by atoms with Crippen molar-refractivity contribution in [1.82, 2.24) is 10.4 Å². The summed E-state index contributed by atoms with van der Waals surface area (Å²) in [4.78, 5) is 12.7. The fourth-order valence-corrected chi connectivity index (χ4v) is 2.94. The van der Waals surface area contributed by atoms with Crippen molar-refractivity contribution in [1.29, 1.82) is 0 Å². The minimum absolute atomic E-state index is 0.0261. The Morgan fingerprint density at radius 2 is 1.90 bits per heavy atom. The number of amides is 1. The van der Waals surface area contributed by atoms with E-state index in [1.807, 2.05) is 5.43 Å². The molecule has 30 heavy (non-hydrogen) atoms. The minimum atomic E-state index is -3.47. The number of hydrazine groups is 1. The Hall–Kier alpha value is -3.27. The van der Waals surface area contributed by atoms with Gasteiger partial charge in [-0.25, -0.2) is 13.8 Å². The predicted molar refractivity (Wildman–Crippen MR) is 97.9 cm³/mol. The molecule has 0 aliphatic carbocycles. The molecule has 1 unspecified atom stereocenters. The third kappa shape index (κ3) is 4.18. The van der Waals surface area contributed by atoms with Gasteiger partial charge in [0.2, 0.25) is 5.72 Å². The quantitative estimate of drug-likeness (QED) is 0.690. The molecule has 0 radical (unpaired) electrons. The van der Waals surface area contributed by atoms with Crippen LogP contribution < -0.4 is 14.9 Å². The van der Waals surface area contributed by atoms with Crippen molar-refractivity contribution in [2.24, 2.45) is 0 Å². The van der Waals surface area contributed by atoms with Crippen LogP contribution in [0.2, 0.25) is 0 Å². The third-order valence-electron chi connectivity index (χ3n) is 4.49. The molecule has 1 fully saturated rings. The highest BCUT2D eigenvalue weighted by Gasteiger charge is 2.53. The molecular weight excluding hydrogens is 408 g/mol. The molecule has 6 nitrogen and oxygen atoms in total. The van der Waals surface area contributed by atoms with E-state index in [2.05, 4.69) is 0 Å². The van der Waals surface area contributed by atoms with Crippen LogP contribution in [0.5, 0.6) is 11.5 Å². The molecule has 2 aromatic carbocycles. The third-order valence-corrected chi connectivity index (χ3v) is 4.49. The molecule has 1 atom stereocenters. The fraction of sp³-hybridized carbons (Fsp3) is 0.250. The van der Waals surface area contributed by atoms with Gasteiger partial charge in [-0.3, -0.25) is 10.2 Å². The number of alkyl halides is 2. The maximum atomic E-state index is 13.4. The summed E-state index contributed by atoms with van der Waals surface area (Å²) in [6.07, 6.45) is -6.87. The molecule has 10 heteroatoms. The van der Waals surface area contributed by atoms with Crippen molar-refractivity contribution in [2.75, 3.05) is 7.11 Å². The first kappa shape index (κ1) is 21.4. The molecule has 1 saturated heterocycles. The van der Waals surface area contributed by atoms with E-state index in [1.165, 1.54) is 25.3 Å². The number of nitrogens with zero attached hydrogens (tertiary/aromatic N) is 1. The number of benzene rings is 2. The second-order valence-corrected chi connectivity index (χ2v) is 6.49. The first-order valence-electron chi connectivity index (χ1n) is 8.77. The van der Waals surface area contributed by atoms with Gasteiger partial charge in [-0.1, -0.05) is 24.3 Å². The van der Waals surface area contributed by atoms with Crippen LogP contribution in [0.15, 0.2) is 60.3 Å². The lowest BCUT2D eigenvalue weighted by atomic mass is 10.1. The second-order valence-electron chi connectivity index (χ2n) is 6.49. The number of rotatable bonds is 6. The molecule has 1 amide bonds. The topological polar surface area (TPSA) is 71.0 Å². The van der Waals surface area contributed by atoms with Gasteiger partial charge in [-0.2, -0.15) is 8.78 Å². The smallest absolute Gasteiger partial charge is 0.291 e. The van der Waals surface area contributed by atoms with Gasteiger partial charge in [0.25, 0.3) is 18.4 Å². The van der Waals surface area contributed by atoms with Crippen molar-refractivity contribution < 1.29 is 36.9 Å². The van der Waals surface area contributed by atoms with Crippen molar-refractivity contribution >= 4 is 5.91 Å². The van der Waals surface area contributed by atoms with Gasteiger partial charge in [0.05, 0.1) is 13.5 Å². The Bertz CT molecular complexity index is 965. The monoisotopic (exact) mass is 426 g/mol. The molecule has 1 aliphatic heterocycles. The molecular formula is C20H18F4N2O4. The SMILES string of the molecule is COc1ccccc1OCc1cccc(C(=O)N2NC(=C(F)F)CC2(O)C(F)F)c1. The minimum Gasteiger partial charge on any atom is -0.493 e. The van der Waals surface area contributed by atoms with Gasteiger partial charge in [0.1, 0.15) is 12.3 Å². The zero-order chi connectivity index (χ0) is 21.9. The zero-order valence-electron chi connectivity index (χ0n) is 15.7. The van der Waals surface area contributed by atoms with Gasteiger partial charge in [-0.05, 0) is 29.8 Å². The molecule has 160 valence electrons. The number of hydrogen-bond acceptors (Lipinski definition) is 5.